The van der Waals surface area contributed by atoms with Gasteiger partial charge in [-0.3, -0.25) is 9.69 Å². The predicted octanol–water partition coefficient (Wildman–Crippen LogP) is 0.541. The zero-order chi connectivity index (χ0) is 13.0. The number of aromatic nitrogens is 1. The van der Waals surface area contributed by atoms with Crippen LogP contribution in [0.2, 0.25) is 0 Å². The van der Waals surface area contributed by atoms with E-state index in [0.717, 1.165) is 39.2 Å². The van der Waals surface area contributed by atoms with Crippen molar-refractivity contribution in [2.75, 3.05) is 32.0 Å². The van der Waals surface area contributed by atoms with E-state index in [1.54, 1.807) is 16.8 Å². The standard InChI is InChI=1S/C13H21N3O2/c1-11-9-15(7-8-18-11)5-2-6-16-10-12(14)3-4-13(16)17/h3-4,10-11H,2,5-9,14H2,1H3. The monoisotopic (exact) mass is 251 g/mol. The minimum atomic E-state index is 0.0135. The maximum absolute atomic E-state index is 11.6. The first kappa shape index (κ1) is 13.1. The molecule has 0 saturated carbocycles. The van der Waals surface area contributed by atoms with Crippen molar-refractivity contribution in [3.8, 4) is 0 Å². The highest BCUT2D eigenvalue weighted by Crippen LogP contribution is 2.05. The minimum absolute atomic E-state index is 0.0135. The fourth-order valence-corrected chi connectivity index (χ4v) is 2.28. The molecule has 5 heteroatoms. The van der Waals surface area contributed by atoms with Crippen LogP contribution >= 0.6 is 0 Å². The first-order valence-corrected chi connectivity index (χ1v) is 6.45. The first-order valence-electron chi connectivity index (χ1n) is 6.45. The molecule has 2 N–H and O–H groups in total. The van der Waals surface area contributed by atoms with E-state index in [1.807, 2.05) is 0 Å². The first-order chi connectivity index (χ1) is 8.65. The Bertz CT molecular complexity index is 444. The topological polar surface area (TPSA) is 60.5 Å². The molecule has 1 aliphatic rings. The summed E-state index contributed by atoms with van der Waals surface area (Å²) in [7, 11) is 0. The number of nitrogen functional groups attached to an aromatic ring is 1. The smallest absolute Gasteiger partial charge is 0.250 e. The maximum atomic E-state index is 11.6. The van der Waals surface area contributed by atoms with Crippen LogP contribution in [-0.2, 0) is 11.3 Å². The van der Waals surface area contributed by atoms with Crippen molar-refractivity contribution >= 4 is 5.69 Å². The van der Waals surface area contributed by atoms with Crippen LogP contribution in [-0.4, -0.2) is 41.8 Å². The molecule has 0 amide bonds. The van der Waals surface area contributed by atoms with Crippen LogP contribution in [0.5, 0.6) is 0 Å². The molecule has 1 aromatic heterocycles. The molecule has 0 spiro atoms. The van der Waals surface area contributed by atoms with Gasteiger partial charge in [-0.2, -0.15) is 0 Å². The van der Waals surface area contributed by atoms with Gasteiger partial charge >= 0.3 is 0 Å². The quantitative estimate of drug-likeness (QED) is 0.848. The Balaban J connectivity index is 1.81. The summed E-state index contributed by atoms with van der Waals surface area (Å²) >= 11 is 0. The Labute approximate surface area is 107 Å². The van der Waals surface area contributed by atoms with E-state index in [9.17, 15) is 4.79 Å². The molecular weight excluding hydrogens is 230 g/mol. The minimum Gasteiger partial charge on any atom is -0.398 e. The van der Waals surface area contributed by atoms with Crippen LogP contribution in [0.15, 0.2) is 23.1 Å². The van der Waals surface area contributed by atoms with Crippen molar-refractivity contribution in [2.45, 2.75) is 26.0 Å². The third-order valence-corrected chi connectivity index (χ3v) is 3.20. The van der Waals surface area contributed by atoms with Gasteiger partial charge in [-0.05, 0) is 19.4 Å². The number of morpholine rings is 1. The molecule has 1 fully saturated rings. The van der Waals surface area contributed by atoms with E-state index in [-0.39, 0.29) is 5.56 Å². The fraction of sp³-hybridized carbons (Fsp3) is 0.615. The van der Waals surface area contributed by atoms with Gasteiger partial charge < -0.3 is 15.0 Å². The van der Waals surface area contributed by atoms with Crippen LogP contribution in [0.4, 0.5) is 5.69 Å². The number of pyridine rings is 1. The summed E-state index contributed by atoms with van der Waals surface area (Å²) in [5.41, 5.74) is 6.32. The third-order valence-electron chi connectivity index (χ3n) is 3.20. The van der Waals surface area contributed by atoms with Crippen LogP contribution in [0.1, 0.15) is 13.3 Å². The van der Waals surface area contributed by atoms with Crippen molar-refractivity contribution in [1.82, 2.24) is 9.47 Å². The molecule has 2 rings (SSSR count). The summed E-state index contributed by atoms with van der Waals surface area (Å²) in [6.45, 7) is 6.57. The zero-order valence-corrected chi connectivity index (χ0v) is 10.8. The molecule has 1 aliphatic heterocycles. The number of nitrogens with two attached hydrogens (primary N) is 1. The molecule has 0 bridgehead atoms. The van der Waals surface area contributed by atoms with E-state index >= 15 is 0 Å². The van der Waals surface area contributed by atoms with Crippen molar-refractivity contribution in [3.63, 3.8) is 0 Å². The number of anilines is 1. The van der Waals surface area contributed by atoms with Gasteiger partial charge in [0.25, 0.3) is 5.56 Å². The van der Waals surface area contributed by atoms with Crippen molar-refractivity contribution in [2.24, 2.45) is 0 Å². The number of hydrogen-bond acceptors (Lipinski definition) is 4. The molecule has 0 aromatic carbocycles. The second-order valence-corrected chi connectivity index (χ2v) is 4.83. The third kappa shape index (κ3) is 3.58. The number of aryl methyl sites for hydroxylation is 1. The molecule has 100 valence electrons. The SMILES string of the molecule is CC1CN(CCCn2cc(N)ccc2=O)CCO1. The molecule has 1 aromatic rings. The van der Waals surface area contributed by atoms with E-state index < -0.39 is 0 Å². The summed E-state index contributed by atoms with van der Waals surface area (Å²) in [5, 5.41) is 0. The van der Waals surface area contributed by atoms with E-state index in [0.29, 0.717) is 11.8 Å². The highest BCUT2D eigenvalue weighted by molar-refractivity contribution is 5.33. The van der Waals surface area contributed by atoms with E-state index in [4.69, 9.17) is 10.5 Å². The molecule has 1 saturated heterocycles. The number of hydrogen-bond donors (Lipinski definition) is 1. The molecular formula is C13H21N3O2. The average molecular weight is 251 g/mol. The fourth-order valence-electron chi connectivity index (χ4n) is 2.28. The van der Waals surface area contributed by atoms with E-state index in [2.05, 4.69) is 11.8 Å². The molecule has 2 heterocycles. The van der Waals surface area contributed by atoms with Crippen LogP contribution in [0.25, 0.3) is 0 Å². The van der Waals surface area contributed by atoms with Crippen molar-refractivity contribution < 1.29 is 4.74 Å². The molecule has 18 heavy (non-hydrogen) atoms. The van der Waals surface area contributed by atoms with E-state index in [1.165, 1.54) is 6.07 Å². The van der Waals surface area contributed by atoms with Gasteiger partial charge in [0.2, 0.25) is 0 Å². The van der Waals surface area contributed by atoms with Gasteiger partial charge in [0, 0.05) is 44.1 Å². The Kier molecular flexibility index (Phi) is 4.38. The Hall–Kier alpha value is -1.33. The van der Waals surface area contributed by atoms with Gasteiger partial charge in [0.15, 0.2) is 0 Å². The zero-order valence-electron chi connectivity index (χ0n) is 10.8. The van der Waals surface area contributed by atoms with Gasteiger partial charge in [0.05, 0.1) is 12.7 Å². The second kappa shape index (κ2) is 6.02. The predicted molar refractivity (Wildman–Crippen MR) is 71.6 cm³/mol. The van der Waals surface area contributed by atoms with Gasteiger partial charge in [-0.15, -0.1) is 0 Å². The largest absolute Gasteiger partial charge is 0.398 e. The number of ether oxygens (including phenoxy) is 1. The number of nitrogens with zero attached hydrogens (tertiary/aromatic N) is 2. The van der Waals surface area contributed by atoms with Crippen LogP contribution in [0.3, 0.4) is 0 Å². The maximum Gasteiger partial charge on any atom is 0.250 e. The Morgan fingerprint density at radius 3 is 3.06 bits per heavy atom. The lowest BCUT2D eigenvalue weighted by Crippen LogP contribution is -2.41. The summed E-state index contributed by atoms with van der Waals surface area (Å²) in [4.78, 5) is 14.0. The number of rotatable bonds is 4. The Morgan fingerprint density at radius 2 is 2.28 bits per heavy atom. The lowest BCUT2D eigenvalue weighted by atomic mass is 10.2. The lowest BCUT2D eigenvalue weighted by Gasteiger charge is -2.31. The summed E-state index contributed by atoms with van der Waals surface area (Å²) in [6.07, 6.45) is 2.98. The molecule has 5 nitrogen and oxygen atoms in total. The summed E-state index contributed by atoms with van der Waals surface area (Å²) in [6, 6.07) is 3.16. The van der Waals surface area contributed by atoms with Crippen molar-refractivity contribution in [3.05, 3.63) is 28.7 Å². The Morgan fingerprint density at radius 1 is 1.44 bits per heavy atom. The summed E-state index contributed by atoms with van der Waals surface area (Å²) in [5.74, 6) is 0. The average Bonchev–Trinajstić information content (AvgIpc) is 2.34. The normalized spacial score (nSPS) is 21.1. The molecule has 1 unspecified atom stereocenters. The second-order valence-electron chi connectivity index (χ2n) is 4.83. The molecule has 0 radical (unpaired) electrons. The molecule has 0 aliphatic carbocycles. The lowest BCUT2D eigenvalue weighted by molar-refractivity contribution is -0.0187. The summed E-state index contributed by atoms with van der Waals surface area (Å²) < 4.78 is 7.17. The highest BCUT2D eigenvalue weighted by Gasteiger charge is 2.15. The molecule has 1 atom stereocenters. The van der Waals surface area contributed by atoms with Crippen molar-refractivity contribution in [1.29, 1.82) is 0 Å². The van der Waals surface area contributed by atoms with Crippen LogP contribution in [0, 0.1) is 0 Å². The highest BCUT2D eigenvalue weighted by atomic mass is 16.5. The van der Waals surface area contributed by atoms with Gasteiger partial charge in [-0.25, -0.2) is 0 Å². The van der Waals surface area contributed by atoms with Crippen LogP contribution < -0.4 is 11.3 Å². The van der Waals surface area contributed by atoms with Gasteiger partial charge in [0.1, 0.15) is 0 Å². The van der Waals surface area contributed by atoms with Gasteiger partial charge in [-0.1, -0.05) is 0 Å².